The number of H-pyrrole nitrogens is 2. The molecule has 37 heteroatoms. The average molecular weight is 2030 g/mol. The zero-order valence-electron chi connectivity index (χ0n) is 81.6. The van der Waals surface area contributed by atoms with E-state index < -0.39 is 0 Å². The van der Waals surface area contributed by atoms with Gasteiger partial charge in [0.25, 0.3) is 11.8 Å². The highest BCUT2D eigenvalue weighted by Gasteiger charge is 2.36. The van der Waals surface area contributed by atoms with Crippen LogP contribution in [-0.2, 0) is 21.3 Å². The third-order valence-corrected chi connectivity index (χ3v) is 24.7. The fourth-order valence-electron chi connectivity index (χ4n) is 17.3. The number of hydrogen-bond donors (Lipinski definition) is 4. The highest BCUT2D eigenvalue weighted by molar-refractivity contribution is 6.21. The van der Waals surface area contributed by atoms with Gasteiger partial charge in [-0.05, 0) is 150 Å². The molecule has 3 aliphatic heterocycles. The van der Waals surface area contributed by atoms with Gasteiger partial charge in [0.1, 0.15) is 58.8 Å². The second kappa shape index (κ2) is 52.8. The Morgan fingerprint density at radius 1 is 0.436 bits per heavy atom. The van der Waals surface area contributed by atoms with E-state index in [2.05, 4.69) is 77.4 Å². The number of nitrogens with zero attached hydrogens (tertiary/aromatic N) is 20. The molecular weight excluding hydrogens is 1890 g/mol. The molecule has 11 heterocycles. The topological polar surface area (TPSA) is 405 Å². The number of aliphatic hydroxyl groups is 1. The van der Waals surface area contributed by atoms with Crippen LogP contribution >= 0.6 is 0 Å². The lowest BCUT2D eigenvalue weighted by molar-refractivity contribution is -0.142. The van der Waals surface area contributed by atoms with Gasteiger partial charge in [-0.1, -0.05) is 49.3 Å². The molecule has 2 amide bonds. The first-order valence-electron chi connectivity index (χ1n) is 47.4. The van der Waals surface area contributed by atoms with Crippen LogP contribution in [0.1, 0.15) is 116 Å². The van der Waals surface area contributed by atoms with Gasteiger partial charge < -0.3 is 82.7 Å². The second-order valence-corrected chi connectivity index (χ2v) is 33.9. The van der Waals surface area contributed by atoms with Gasteiger partial charge >= 0.3 is 5.97 Å². The minimum atomic E-state index is -0.299. The van der Waals surface area contributed by atoms with E-state index in [9.17, 15) is 19.5 Å². The molecule has 2 saturated heterocycles. The number of nitrogens with two attached hydrogens (primary N) is 1. The quantitative estimate of drug-likeness (QED) is 0.0209. The number of aromatic amines is 2. The maximum absolute atomic E-state index is 13.2. The molecule has 37 nitrogen and oxygen atoms in total. The summed E-state index contributed by atoms with van der Waals surface area (Å²) in [6, 6.07) is 53.4. The molecular formula is C112H133N23O14. The van der Waals surface area contributed by atoms with Crippen molar-refractivity contribution in [3.63, 3.8) is 0 Å². The number of imide groups is 1. The van der Waals surface area contributed by atoms with E-state index in [1.165, 1.54) is 30.8 Å². The molecule has 5 N–H and O–H groups in total. The molecule has 780 valence electrons. The molecule has 3 aliphatic rings. The van der Waals surface area contributed by atoms with Gasteiger partial charge in [-0.15, -0.1) is 0 Å². The number of carbonyl (C=O) groups excluding carboxylic acids is 3. The molecule has 8 aromatic heterocycles. The lowest BCUT2D eigenvalue weighted by atomic mass is 10.1. The highest BCUT2D eigenvalue weighted by Crippen LogP contribution is 2.42. The van der Waals surface area contributed by atoms with Crippen LogP contribution in [0.5, 0.6) is 46.0 Å². The van der Waals surface area contributed by atoms with Gasteiger partial charge in [0.2, 0.25) is 0 Å². The number of aryl methyl sites for hydroxylation is 1. The van der Waals surface area contributed by atoms with E-state index in [1.807, 2.05) is 161 Å². The number of amides is 2. The van der Waals surface area contributed by atoms with E-state index in [1.54, 1.807) is 154 Å². The van der Waals surface area contributed by atoms with Crippen molar-refractivity contribution < 1.29 is 66.9 Å². The number of esters is 1. The zero-order chi connectivity index (χ0) is 100.0. The predicted molar refractivity (Wildman–Crippen MR) is 584 cm³/mol. The summed E-state index contributed by atoms with van der Waals surface area (Å²) < 4.78 is 58.8. The molecule has 1 atom stereocenters. The molecule has 1 unspecified atom stereocenters. The summed E-state index contributed by atoms with van der Waals surface area (Å²) in [6.07, 6.45) is 28.3. The van der Waals surface area contributed by atoms with Crippen LogP contribution in [0.15, 0.2) is 244 Å². The van der Waals surface area contributed by atoms with E-state index in [0.29, 0.717) is 101 Å². The Bertz CT molecular complexity index is 7180. The lowest BCUT2D eigenvalue weighted by Crippen LogP contribution is -2.36. The molecule has 17 aromatic rings. The van der Waals surface area contributed by atoms with Crippen LogP contribution in [0.3, 0.4) is 0 Å². The average Bonchev–Trinajstić information content (AvgIpc) is 1.48. The van der Waals surface area contributed by atoms with Crippen molar-refractivity contribution in [2.75, 3.05) is 155 Å². The molecule has 0 spiro atoms. The van der Waals surface area contributed by atoms with Crippen molar-refractivity contribution >= 4 is 107 Å². The summed E-state index contributed by atoms with van der Waals surface area (Å²) in [5.41, 5.74) is 26.5. The number of rotatable bonds is 36. The van der Waals surface area contributed by atoms with Crippen molar-refractivity contribution in [3.05, 3.63) is 255 Å². The summed E-state index contributed by atoms with van der Waals surface area (Å²) in [5.74, 6) is 4.44. The van der Waals surface area contributed by atoms with Gasteiger partial charge in [0, 0.05) is 218 Å². The highest BCUT2D eigenvalue weighted by atomic mass is 16.5. The zero-order valence-corrected chi connectivity index (χ0v) is 81.6. The fourth-order valence-corrected chi connectivity index (χ4v) is 17.3. The number of fused-ring (bicyclic) bond motifs is 5. The Morgan fingerprint density at radius 2 is 0.832 bits per heavy atom. The third kappa shape index (κ3) is 26.9. The number of carbonyl (C=O) groups is 3. The number of ether oxygens (including phenoxy) is 10. The number of aliphatic hydroxyl groups excluding tert-OH is 1. The fraction of sp³-hybridized carbons (Fsp3) is 0.312. The number of methoxy groups -OCH3 is 7. The van der Waals surface area contributed by atoms with Crippen LogP contribution < -0.4 is 63.2 Å². The first kappa shape index (κ1) is 111. The second-order valence-electron chi connectivity index (χ2n) is 33.9. The van der Waals surface area contributed by atoms with Crippen molar-refractivity contribution in [1.82, 2.24) is 89.6 Å². The van der Waals surface area contributed by atoms with Gasteiger partial charge in [0.15, 0.2) is 0 Å². The van der Waals surface area contributed by atoms with Crippen LogP contribution in [0, 0.1) is 0 Å². The maximum Gasteiger partial charge on any atom is 0.307 e. The van der Waals surface area contributed by atoms with Crippen molar-refractivity contribution in [2.24, 2.45) is 12.8 Å². The number of anilines is 8. The Hall–Kier alpha value is -16.8. The van der Waals surface area contributed by atoms with Crippen molar-refractivity contribution in [2.45, 2.75) is 95.2 Å². The van der Waals surface area contributed by atoms with Crippen LogP contribution in [0.4, 0.5) is 45.5 Å². The summed E-state index contributed by atoms with van der Waals surface area (Å²) in [6.45, 7) is 9.29. The SMILES string of the molecule is C.C.C.C.C.CCOC(=O)CCN(c1cc(OC)cc(OC)c1)c1ccc2ncc(-c3cnn(C)c3)nc2c1.COc1cc(OC)cc(N(CCN)c2ccc3ncc(-c4cn[nH]c4)nc3c2)c1.COc1cc(OC)cc(N(CCN2C(=O)c3ccccc3C2=O)c2ccc3ncc(-c4cnn(C5CCCCO5)c4)nc3c2)c1.COc1cc(OCCO)cc(N(CCCN2CCCC2)c2ccc3ncc(-c4cn[nH]c4)nc3c2)c1. The first-order chi connectivity index (χ1) is 70.5. The molecule has 2 fully saturated rings. The molecule has 149 heavy (non-hydrogen) atoms. The summed E-state index contributed by atoms with van der Waals surface area (Å²) in [5, 5.41) is 31.6. The number of benzene rings is 9. The normalized spacial score (nSPS) is 12.8. The lowest BCUT2D eigenvalue weighted by Gasteiger charge is -2.28. The Balaban J connectivity index is 0.000000176. The van der Waals surface area contributed by atoms with E-state index >= 15 is 0 Å². The molecule has 9 aromatic carbocycles. The van der Waals surface area contributed by atoms with Gasteiger partial charge in [0.05, 0.1) is 197 Å². The van der Waals surface area contributed by atoms with E-state index in [4.69, 9.17) is 73.0 Å². The summed E-state index contributed by atoms with van der Waals surface area (Å²) >= 11 is 0. The third-order valence-electron chi connectivity index (χ3n) is 24.7. The smallest absolute Gasteiger partial charge is 0.307 e. The van der Waals surface area contributed by atoms with E-state index in [-0.39, 0.29) is 87.3 Å². The number of aromatic nitrogens is 16. The molecule has 0 radical (unpaired) electrons. The molecule has 0 bridgehead atoms. The molecule has 20 rings (SSSR count). The predicted octanol–water partition coefficient (Wildman–Crippen LogP) is 20.1. The minimum Gasteiger partial charge on any atom is -0.497 e. The van der Waals surface area contributed by atoms with Crippen molar-refractivity contribution in [3.8, 4) is 91.0 Å². The van der Waals surface area contributed by atoms with Crippen molar-refractivity contribution in [1.29, 1.82) is 0 Å². The largest absolute Gasteiger partial charge is 0.497 e. The van der Waals surface area contributed by atoms with Crippen LogP contribution in [0.25, 0.3) is 89.2 Å². The first-order valence-corrected chi connectivity index (χ1v) is 47.4. The summed E-state index contributed by atoms with van der Waals surface area (Å²) in [7, 11) is 13.2. The van der Waals surface area contributed by atoms with Crippen LogP contribution in [-0.4, -0.2) is 248 Å². The monoisotopic (exact) mass is 2020 g/mol. The van der Waals surface area contributed by atoms with Gasteiger partial charge in [-0.25, -0.2) is 24.6 Å². The minimum absolute atomic E-state index is 0. The maximum atomic E-state index is 13.2. The van der Waals surface area contributed by atoms with Crippen LogP contribution in [0.2, 0.25) is 0 Å². The Morgan fingerprint density at radius 3 is 1.21 bits per heavy atom. The van der Waals surface area contributed by atoms with E-state index in [0.717, 1.165) is 169 Å². The van der Waals surface area contributed by atoms with Gasteiger partial charge in [-0.2, -0.15) is 20.4 Å². The number of hydrogen-bond acceptors (Lipinski definition) is 32. The molecule has 0 aliphatic carbocycles. The number of nitrogens with one attached hydrogen (secondary N) is 2. The Kier molecular flexibility index (Phi) is 39.4. The standard InChI is InChI=1S/C34H32N6O5.C27H32N6O3.C25H27N5O4.C21H22N6O2.5CH4/c1-43-25-15-24(16-26(18-25)44-2)38(12-13-39-33(41)27-7-3-4-8-28(27)34(39)42)23-10-11-29-30(17-23)37-31(20-35-29)22-19-36-40(21-22)32-9-5-6-14-45-32;1-35-23-13-22(14-24(16-23)36-12-11-34)33(10-4-9-32-7-2-3-8-32)21-5-6-25-26(15-21)31-27(19-28-25)20-17-29-30-18-20;1-5-34-25(31)8-9-30(19-10-20(32-3)13-21(11-19)33-4)18-6-7-22-23(12-18)28-24(15-26-22)17-14-27-29(2)16-17;1-28-17-7-16(8-18(10-17)29-2)27(6-5-22)15-3-4-19-20(9-15)26-21(13-23-19)14-11-24-25-12-14;;;;;/h3-4,7-8,10-11,15-21,32H,5-6,9,12-14H2,1-2H3;5-6,13-19,34H,2-4,7-12H2,1H3,(H,29,30);6-7,10-16H,5,8-9H2,1-4H3;3-4,7-13H,5-6,22H2,1-2H3,(H,24,25);5*1H4. The van der Waals surface area contributed by atoms with Gasteiger partial charge in [-0.3, -0.25) is 54.1 Å². The summed E-state index contributed by atoms with van der Waals surface area (Å²) in [4.78, 5) is 88.4. The molecule has 0 saturated carbocycles. The Labute approximate surface area is 868 Å². The number of likely N-dealkylation sites (tertiary alicyclic amines) is 1.